The lowest BCUT2D eigenvalue weighted by molar-refractivity contribution is -0.139. The number of para-hydroxylation sites is 2. The van der Waals surface area contributed by atoms with Gasteiger partial charge in [-0.25, -0.2) is 8.42 Å². The predicted molar refractivity (Wildman–Crippen MR) is 144 cm³/mol. The third-order valence-electron chi connectivity index (χ3n) is 5.92. The first-order chi connectivity index (χ1) is 17.6. The molecule has 3 rings (SSSR count). The van der Waals surface area contributed by atoms with Crippen LogP contribution < -0.4 is 14.4 Å². The van der Waals surface area contributed by atoms with Gasteiger partial charge in [0.1, 0.15) is 18.3 Å². The molecule has 3 aromatic rings. The van der Waals surface area contributed by atoms with Gasteiger partial charge in [0.05, 0.1) is 17.7 Å². The monoisotopic (exact) mass is 543 g/mol. The van der Waals surface area contributed by atoms with Crippen LogP contribution in [-0.2, 0) is 26.2 Å². The molecule has 196 valence electrons. The van der Waals surface area contributed by atoms with Gasteiger partial charge >= 0.3 is 0 Å². The first-order valence-corrected chi connectivity index (χ1v) is 13.4. The highest BCUT2D eigenvalue weighted by molar-refractivity contribution is 7.92. The molecule has 0 aliphatic carbocycles. The van der Waals surface area contributed by atoms with Gasteiger partial charge in [-0.2, -0.15) is 0 Å². The van der Waals surface area contributed by atoms with Gasteiger partial charge in [-0.05, 0) is 55.8 Å². The highest BCUT2D eigenvalue weighted by Crippen LogP contribution is 2.32. The Morgan fingerprint density at radius 2 is 1.62 bits per heavy atom. The zero-order chi connectivity index (χ0) is 27.2. The van der Waals surface area contributed by atoms with Crippen LogP contribution in [0.5, 0.6) is 5.75 Å². The number of benzene rings is 3. The summed E-state index contributed by atoms with van der Waals surface area (Å²) in [7, 11) is -1.27. The number of sulfonamides is 1. The van der Waals surface area contributed by atoms with Crippen LogP contribution in [0.25, 0.3) is 0 Å². The molecule has 0 spiro atoms. The lowest BCUT2D eigenvalue weighted by atomic mass is 10.1. The first-order valence-electron chi connectivity index (χ1n) is 11.6. The summed E-state index contributed by atoms with van der Waals surface area (Å²) in [5, 5.41) is 3.09. The highest BCUT2D eigenvalue weighted by atomic mass is 35.5. The number of hydrogen-bond donors (Lipinski definition) is 1. The molecule has 0 radical (unpaired) electrons. The van der Waals surface area contributed by atoms with Crippen molar-refractivity contribution >= 4 is 39.1 Å². The topological polar surface area (TPSA) is 96.0 Å². The Balaban J connectivity index is 2.06. The lowest BCUT2D eigenvalue weighted by Gasteiger charge is -2.32. The molecule has 1 atom stereocenters. The summed E-state index contributed by atoms with van der Waals surface area (Å²) in [6.07, 6.45) is 0. The number of nitrogens with one attached hydrogen (secondary N) is 1. The van der Waals surface area contributed by atoms with Crippen LogP contribution in [0.15, 0.2) is 77.7 Å². The van der Waals surface area contributed by atoms with E-state index in [-0.39, 0.29) is 28.8 Å². The second-order valence-corrected chi connectivity index (χ2v) is 10.7. The normalized spacial score (nSPS) is 11.9. The second kappa shape index (κ2) is 12.1. The third-order valence-corrected chi connectivity index (χ3v) is 7.95. The summed E-state index contributed by atoms with van der Waals surface area (Å²) < 4.78 is 34.1. The number of carbonyl (C=O) groups excluding carboxylic acids is 2. The van der Waals surface area contributed by atoms with E-state index in [4.69, 9.17) is 16.3 Å². The Hall–Kier alpha value is -3.56. The number of likely N-dealkylation sites (N-methyl/N-ethyl adjacent to an activating group) is 1. The van der Waals surface area contributed by atoms with E-state index in [0.717, 1.165) is 15.4 Å². The number of rotatable bonds is 10. The van der Waals surface area contributed by atoms with E-state index < -0.39 is 28.5 Å². The van der Waals surface area contributed by atoms with Crippen LogP contribution in [0, 0.1) is 6.92 Å². The van der Waals surface area contributed by atoms with Gasteiger partial charge in [-0.15, -0.1) is 0 Å². The van der Waals surface area contributed by atoms with Crippen molar-refractivity contribution in [2.24, 2.45) is 0 Å². The van der Waals surface area contributed by atoms with Crippen LogP contribution >= 0.6 is 11.6 Å². The van der Waals surface area contributed by atoms with E-state index in [0.29, 0.717) is 5.02 Å². The minimum absolute atomic E-state index is 0.0282. The average molecular weight is 544 g/mol. The van der Waals surface area contributed by atoms with Crippen molar-refractivity contribution in [2.75, 3.05) is 25.0 Å². The largest absolute Gasteiger partial charge is 0.495 e. The molecule has 0 aliphatic heterocycles. The lowest BCUT2D eigenvalue weighted by Crippen LogP contribution is -2.50. The number of halogens is 1. The fraction of sp³-hybridized carbons (Fsp3) is 0.259. The number of methoxy groups -OCH3 is 1. The SMILES string of the molecule is CNC(=O)[C@H](C)N(Cc1ccc(Cl)cc1)C(=O)CN(c1ccccc1OC)S(=O)(=O)c1ccc(C)cc1. The Morgan fingerprint density at radius 1 is 1.00 bits per heavy atom. The molecule has 0 heterocycles. The number of hydrogen-bond acceptors (Lipinski definition) is 5. The van der Waals surface area contributed by atoms with E-state index >= 15 is 0 Å². The number of carbonyl (C=O) groups is 2. The maximum atomic E-state index is 13.8. The summed E-state index contributed by atoms with van der Waals surface area (Å²) in [6.45, 7) is 2.97. The molecule has 1 N–H and O–H groups in total. The number of nitrogens with zero attached hydrogens (tertiary/aromatic N) is 2. The van der Waals surface area contributed by atoms with Gasteiger partial charge in [0.2, 0.25) is 11.8 Å². The molecular weight excluding hydrogens is 514 g/mol. The molecule has 0 aliphatic rings. The first kappa shape index (κ1) is 28.0. The highest BCUT2D eigenvalue weighted by Gasteiger charge is 2.33. The smallest absolute Gasteiger partial charge is 0.264 e. The molecule has 0 bridgehead atoms. The third kappa shape index (κ3) is 6.61. The molecule has 0 unspecified atom stereocenters. The number of anilines is 1. The second-order valence-electron chi connectivity index (χ2n) is 8.43. The predicted octanol–water partition coefficient (Wildman–Crippen LogP) is 4.02. The Kier molecular flexibility index (Phi) is 9.18. The fourth-order valence-corrected chi connectivity index (χ4v) is 5.32. The van der Waals surface area contributed by atoms with Crippen molar-refractivity contribution in [1.29, 1.82) is 0 Å². The van der Waals surface area contributed by atoms with Crippen molar-refractivity contribution in [1.82, 2.24) is 10.2 Å². The van der Waals surface area contributed by atoms with E-state index in [1.54, 1.807) is 67.6 Å². The number of ether oxygens (including phenoxy) is 1. The molecule has 3 aromatic carbocycles. The van der Waals surface area contributed by atoms with Gasteiger partial charge in [0.25, 0.3) is 10.0 Å². The van der Waals surface area contributed by atoms with E-state index in [1.165, 1.54) is 31.2 Å². The summed E-state index contributed by atoms with van der Waals surface area (Å²) in [5.74, 6) is -0.658. The molecule has 37 heavy (non-hydrogen) atoms. The Bertz CT molecular complexity index is 1350. The molecule has 2 amide bonds. The number of amides is 2. The van der Waals surface area contributed by atoms with Gasteiger partial charge in [-0.3, -0.25) is 13.9 Å². The van der Waals surface area contributed by atoms with E-state index in [2.05, 4.69) is 5.32 Å². The van der Waals surface area contributed by atoms with Crippen LogP contribution in [0.4, 0.5) is 5.69 Å². The van der Waals surface area contributed by atoms with Crippen LogP contribution in [0.3, 0.4) is 0 Å². The molecule has 10 heteroatoms. The Labute approximate surface area is 222 Å². The minimum Gasteiger partial charge on any atom is -0.495 e. The van der Waals surface area contributed by atoms with Gasteiger partial charge in [0, 0.05) is 18.6 Å². The van der Waals surface area contributed by atoms with Gasteiger partial charge < -0.3 is 15.0 Å². The van der Waals surface area contributed by atoms with Gasteiger partial charge in [-0.1, -0.05) is 53.6 Å². The van der Waals surface area contributed by atoms with Gasteiger partial charge in [0.15, 0.2) is 0 Å². The van der Waals surface area contributed by atoms with E-state index in [9.17, 15) is 18.0 Å². The molecule has 0 saturated heterocycles. The van der Waals surface area contributed by atoms with Crippen LogP contribution in [-0.4, -0.2) is 51.9 Å². The summed E-state index contributed by atoms with van der Waals surface area (Å²) in [6, 6.07) is 19.0. The zero-order valence-corrected chi connectivity index (χ0v) is 22.7. The van der Waals surface area contributed by atoms with Crippen molar-refractivity contribution in [2.45, 2.75) is 31.3 Å². The zero-order valence-electron chi connectivity index (χ0n) is 21.1. The molecule has 0 saturated carbocycles. The summed E-state index contributed by atoms with van der Waals surface area (Å²) >= 11 is 6.00. The van der Waals surface area contributed by atoms with Crippen molar-refractivity contribution in [3.63, 3.8) is 0 Å². The Morgan fingerprint density at radius 3 is 2.22 bits per heavy atom. The van der Waals surface area contributed by atoms with Crippen molar-refractivity contribution in [3.05, 3.63) is 88.9 Å². The standard InChI is InChI=1S/C27H30ClN3O5S/c1-19-9-15-23(16-10-19)37(34,35)31(24-7-5-6-8-25(24)36-4)18-26(32)30(20(2)27(33)29-3)17-21-11-13-22(28)14-12-21/h5-16,20H,17-18H2,1-4H3,(H,29,33)/t20-/m0/s1. The molecule has 0 fully saturated rings. The van der Waals surface area contributed by atoms with Crippen molar-refractivity contribution in [3.8, 4) is 5.75 Å². The summed E-state index contributed by atoms with van der Waals surface area (Å²) in [4.78, 5) is 27.7. The maximum Gasteiger partial charge on any atom is 0.264 e. The fourth-order valence-electron chi connectivity index (χ4n) is 3.76. The molecule has 8 nitrogen and oxygen atoms in total. The molecule has 0 aromatic heterocycles. The number of aryl methyl sites for hydroxylation is 1. The van der Waals surface area contributed by atoms with Crippen LogP contribution in [0.1, 0.15) is 18.1 Å². The minimum atomic E-state index is -4.17. The van der Waals surface area contributed by atoms with Crippen LogP contribution in [0.2, 0.25) is 5.02 Å². The molecular formula is C27H30ClN3O5S. The van der Waals surface area contributed by atoms with E-state index in [1.807, 2.05) is 6.92 Å². The van der Waals surface area contributed by atoms with Crippen molar-refractivity contribution < 1.29 is 22.7 Å². The summed E-state index contributed by atoms with van der Waals surface area (Å²) in [5.41, 5.74) is 1.84. The maximum absolute atomic E-state index is 13.8. The average Bonchev–Trinajstić information content (AvgIpc) is 2.90. The quantitative estimate of drug-likeness (QED) is 0.417.